The van der Waals surface area contributed by atoms with Gasteiger partial charge in [-0.1, -0.05) is 11.6 Å². The number of rotatable bonds is 4. The van der Waals surface area contributed by atoms with Crippen LogP contribution in [0.1, 0.15) is 10.4 Å². The van der Waals surface area contributed by atoms with Crippen LogP contribution in [0.2, 0.25) is 5.02 Å². The largest absolute Gasteiger partial charge is 0.508 e. The Morgan fingerprint density at radius 3 is 2.90 bits per heavy atom. The Labute approximate surface area is 173 Å². The van der Waals surface area contributed by atoms with Gasteiger partial charge in [0.15, 0.2) is 5.13 Å². The molecule has 0 atom stereocenters. The summed E-state index contributed by atoms with van der Waals surface area (Å²) in [5, 5.41) is 15.8. The number of nitrogens with zero attached hydrogens (tertiary/aromatic N) is 2. The van der Waals surface area contributed by atoms with Crippen LogP contribution in [0.3, 0.4) is 0 Å². The second kappa shape index (κ2) is 7.94. The maximum atomic E-state index is 12.9. The summed E-state index contributed by atoms with van der Waals surface area (Å²) in [5.41, 5.74) is 1.00. The lowest BCUT2D eigenvalue weighted by molar-refractivity contribution is 0.102. The van der Waals surface area contributed by atoms with Crippen molar-refractivity contribution in [2.24, 2.45) is 4.99 Å². The summed E-state index contributed by atoms with van der Waals surface area (Å²) in [4.78, 5) is 21.4. The fourth-order valence-corrected chi connectivity index (χ4v) is 3.35. The van der Waals surface area contributed by atoms with Crippen LogP contribution in [0.5, 0.6) is 11.5 Å². The monoisotopic (exact) mass is 427 g/mol. The molecule has 0 aliphatic heterocycles. The van der Waals surface area contributed by atoms with Gasteiger partial charge in [0.25, 0.3) is 5.91 Å². The maximum Gasteiger partial charge on any atom is 0.262 e. The molecule has 0 saturated carbocycles. The molecule has 0 aliphatic rings. The second-order valence-electron chi connectivity index (χ2n) is 5.91. The Hall–Kier alpha value is -3.36. The topological polar surface area (TPSA) is 97.0 Å². The summed E-state index contributed by atoms with van der Waals surface area (Å²) in [5.74, 6) is 0.0674. The minimum atomic E-state index is -0.432. The first-order valence-corrected chi connectivity index (χ1v) is 9.65. The van der Waals surface area contributed by atoms with Crippen LogP contribution < -0.4 is 15.6 Å². The van der Waals surface area contributed by atoms with Gasteiger partial charge in [0, 0.05) is 28.1 Å². The van der Waals surface area contributed by atoms with E-state index < -0.39 is 5.91 Å². The number of ether oxygens (including phenoxy) is 1. The summed E-state index contributed by atoms with van der Waals surface area (Å²) >= 11 is 7.38. The lowest BCUT2D eigenvalue weighted by atomic mass is 10.1. The first kappa shape index (κ1) is 19.0. The lowest BCUT2D eigenvalue weighted by Crippen LogP contribution is -2.21. The minimum absolute atomic E-state index is 0.0347. The van der Waals surface area contributed by atoms with E-state index in [0.717, 1.165) is 0 Å². The van der Waals surface area contributed by atoms with Crippen LogP contribution in [0.15, 0.2) is 63.5 Å². The molecular weight excluding hydrogens is 414 g/mol. The molecular formula is C20H14ClN3O4S. The Morgan fingerprint density at radius 1 is 1.28 bits per heavy atom. The normalized spacial score (nSPS) is 11.6. The number of halogens is 1. The van der Waals surface area contributed by atoms with Crippen molar-refractivity contribution in [3.63, 3.8) is 0 Å². The third-order valence-electron chi connectivity index (χ3n) is 3.99. The smallest absolute Gasteiger partial charge is 0.262 e. The molecule has 2 heterocycles. The number of carbonyl (C=O) groups is 1. The van der Waals surface area contributed by atoms with Crippen LogP contribution >= 0.6 is 22.9 Å². The van der Waals surface area contributed by atoms with Gasteiger partial charge in [0.2, 0.25) is 5.55 Å². The highest BCUT2D eigenvalue weighted by Crippen LogP contribution is 2.30. The molecule has 4 aromatic rings. The van der Waals surface area contributed by atoms with E-state index in [4.69, 9.17) is 20.8 Å². The highest BCUT2D eigenvalue weighted by molar-refractivity contribution is 7.13. The van der Waals surface area contributed by atoms with Gasteiger partial charge < -0.3 is 14.3 Å². The highest BCUT2D eigenvalue weighted by Gasteiger charge is 2.15. The molecule has 0 bridgehead atoms. The van der Waals surface area contributed by atoms with Gasteiger partial charge in [-0.2, -0.15) is 0 Å². The van der Waals surface area contributed by atoms with E-state index >= 15 is 0 Å². The standard InChI is InChI=1S/C20H14ClN3O4S/c1-27-16-5-3-12(21)9-15(16)23-19-14(18(26)24-20-22-6-7-29-20)8-11-2-4-13(25)10-17(11)28-19/h2-10,25H,1H3,(H,22,24,26). The SMILES string of the molecule is COc1ccc(Cl)cc1N=c1oc2cc(O)ccc2cc1C(=O)Nc1nccs1. The van der Waals surface area contributed by atoms with E-state index in [-0.39, 0.29) is 16.9 Å². The number of anilines is 1. The van der Waals surface area contributed by atoms with Gasteiger partial charge in [-0.05, 0) is 36.4 Å². The summed E-state index contributed by atoms with van der Waals surface area (Å²) in [6, 6.07) is 11.2. The molecule has 4 rings (SSSR count). The fraction of sp³-hybridized carbons (Fsp3) is 0.0500. The van der Waals surface area contributed by atoms with Crippen LogP contribution in [-0.4, -0.2) is 23.1 Å². The molecule has 9 heteroatoms. The van der Waals surface area contributed by atoms with Crippen molar-refractivity contribution in [3.05, 3.63) is 70.2 Å². The van der Waals surface area contributed by atoms with E-state index in [1.807, 2.05) is 0 Å². The van der Waals surface area contributed by atoms with Crippen molar-refractivity contribution < 1.29 is 19.1 Å². The van der Waals surface area contributed by atoms with Crippen molar-refractivity contribution in [1.82, 2.24) is 4.98 Å². The molecule has 146 valence electrons. The number of carbonyl (C=O) groups excluding carboxylic acids is 1. The Balaban J connectivity index is 1.93. The number of aromatic hydroxyl groups is 1. The molecule has 29 heavy (non-hydrogen) atoms. The van der Waals surface area contributed by atoms with E-state index in [1.54, 1.807) is 41.9 Å². The van der Waals surface area contributed by atoms with Crippen LogP contribution in [0.4, 0.5) is 10.8 Å². The van der Waals surface area contributed by atoms with Crippen LogP contribution in [0.25, 0.3) is 11.0 Å². The number of hydrogen-bond acceptors (Lipinski definition) is 7. The van der Waals surface area contributed by atoms with Crippen LogP contribution in [0, 0.1) is 0 Å². The third-order valence-corrected chi connectivity index (χ3v) is 4.92. The quantitative estimate of drug-likeness (QED) is 0.490. The number of nitrogens with one attached hydrogen (secondary N) is 1. The average Bonchev–Trinajstić information content (AvgIpc) is 3.20. The van der Waals surface area contributed by atoms with Crippen molar-refractivity contribution in [3.8, 4) is 11.5 Å². The Bertz CT molecular complexity index is 1270. The van der Waals surface area contributed by atoms with Crippen LogP contribution in [-0.2, 0) is 0 Å². The molecule has 2 N–H and O–H groups in total. The van der Waals surface area contributed by atoms with Gasteiger partial charge >= 0.3 is 0 Å². The molecule has 0 saturated heterocycles. The van der Waals surface area contributed by atoms with E-state index in [9.17, 15) is 9.90 Å². The van der Waals surface area contributed by atoms with Crippen molar-refractivity contribution >= 4 is 50.6 Å². The zero-order chi connectivity index (χ0) is 20.4. The predicted molar refractivity (Wildman–Crippen MR) is 111 cm³/mol. The van der Waals surface area contributed by atoms with E-state index in [1.165, 1.54) is 30.6 Å². The number of thiazole rings is 1. The lowest BCUT2D eigenvalue weighted by Gasteiger charge is -2.07. The summed E-state index contributed by atoms with van der Waals surface area (Å²) in [7, 11) is 1.51. The Morgan fingerprint density at radius 2 is 2.14 bits per heavy atom. The zero-order valence-corrected chi connectivity index (χ0v) is 16.6. The molecule has 0 unspecified atom stereocenters. The first-order valence-electron chi connectivity index (χ1n) is 8.39. The third kappa shape index (κ3) is 4.08. The number of phenols is 1. The number of benzene rings is 2. The van der Waals surface area contributed by atoms with Crippen molar-refractivity contribution in [2.45, 2.75) is 0 Å². The fourth-order valence-electron chi connectivity index (χ4n) is 2.66. The molecule has 0 radical (unpaired) electrons. The number of aromatic nitrogens is 1. The number of fused-ring (bicyclic) bond motifs is 1. The molecule has 2 aromatic carbocycles. The van der Waals surface area contributed by atoms with Gasteiger partial charge in [-0.15, -0.1) is 11.3 Å². The van der Waals surface area contributed by atoms with Gasteiger partial charge in [-0.3, -0.25) is 10.1 Å². The zero-order valence-electron chi connectivity index (χ0n) is 15.0. The number of hydrogen-bond donors (Lipinski definition) is 2. The summed E-state index contributed by atoms with van der Waals surface area (Å²) < 4.78 is 11.2. The second-order valence-corrected chi connectivity index (χ2v) is 7.24. The molecule has 0 spiro atoms. The summed E-state index contributed by atoms with van der Waals surface area (Å²) in [6.07, 6.45) is 1.59. The van der Waals surface area contributed by atoms with Crippen molar-refractivity contribution in [2.75, 3.05) is 12.4 Å². The molecule has 2 aromatic heterocycles. The first-order chi connectivity index (χ1) is 14.0. The van der Waals surface area contributed by atoms with E-state index in [0.29, 0.717) is 32.6 Å². The van der Waals surface area contributed by atoms with Gasteiger partial charge in [0.1, 0.15) is 28.3 Å². The number of methoxy groups -OCH3 is 1. The van der Waals surface area contributed by atoms with Gasteiger partial charge in [0.05, 0.1) is 7.11 Å². The summed E-state index contributed by atoms with van der Waals surface area (Å²) in [6.45, 7) is 0. The molecule has 7 nitrogen and oxygen atoms in total. The molecule has 1 amide bonds. The number of phenolic OH excluding ortho intramolecular Hbond substituents is 1. The molecule has 0 aliphatic carbocycles. The minimum Gasteiger partial charge on any atom is -0.508 e. The average molecular weight is 428 g/mol. The maximum absolute atomic E-state index is 12.9. The Kier molecular flexibility index (Phi) is 5.20. The molecule has 0 fully saturated rings. The number of amides is 1. The van der Waals surface area contributed by atoms with Gasteiger partial charge in [-0.25, -0.2) is 9.98 Å². The highest BCUT2D eigenvalue weighted by atomic mass is 35.5. The van der Waals surface area contributed by atoms with Crippen molar-refractivity contribution in [1.29, 1.82) is 0 Å². The predicted octanol–water partition coefficient (Wildman–Crippen LogP) is 4.74. The van der Waals surface area contributed by atoms with E-state index in [2.05, 4.69) is 15.3 Å².